The van der Waals surface area contributed by atoms with Gasteiger partial charge in [-0.1, -0.05) is 106 Å². The molecular formula is C43H54N4O7. The van der Waals surface area contributed by atoms with Crippen molar-refractivity contribution in [3.8, 4) is 0 Å². The van der Waals surface area contributed by atoms with Crippen LogP contribution in [0, 0.1) is 17.8 Å². The van der Waals surface area contributed by atoms with Crippen LogP contribution in [-0.4, -0.2) is 75.9 Å². The molecule has 2 saturated carbocycles. The second-order valence-corrected chi connectivity index (χ2v) is 15.8. The molecule has 1 saturated heterocycles. The molecule has 6 atom stereocenters. The fourth-order valence-electron chi connectivity index (χ4n) is 8.49. The van der Waals surface area contributed by atoms with E-state index in [9.17, 15) is 29.1 Å². The number of carbonyl (C=O) groups is 5. The predicted molar refractivity (Wildman–Crippen MR) is 205 cm³/mol. The summed E-state index contributed by atoms with van der Waals surface area (Å²) < 4.78 is 6.42. The van der Waals surface area contributed by atoms with Gasteiger partial charge in [-0.3, -0.25) is 19.2 Å². The number of nitrogens with one attached hydrogen (secondary N) is 3. The molecule has 6 rings (SSSR count). The van der Waals surface area contributed by atoms with Crippen LogP contribution in [-0.2, 0) is 41.7 Å². The van der Waals surface area contributed by atoms with E-state index >= 15 is 0 Å². The number of ether oxygens (including phenoxy) is 1. The van der Waals surface area contributed by atoms with Crippen molar-refractivity contribution >= 4 is 40.4 Å². The molecule has 1 heterocycles. The summed E-state index contributed by atoms with van der Waals surface area (Å²) in [5.74, 6) is -3.45. The van der Waals surface area contributed by atoms with Gasteiger partial charge >= 0.3 is 5.97 Å². The topological polar surface area (TPSA) is 154 Å². The van der Waals surface area contributed by atoms with Crippen LogP contribution in [0.15, 0.2) is 72.8 Å². The summed E-state index contributed by atoms with van der Waals surface area (Å²) in [6.45, 7) is 5.40. The monoisotopic (exact) mass is 738 g/mol. The van der Waals surface area contributed by atoms with Gasteiger partial charge in [0, 0.05) is 19.9 Å². The molecule has 0 bridgehead atoms. The Kier molecular flexibility index (Phi) is 12.4. The van der Waals surface area contributed by atoms with Crippen LogP contribution >= 0.6 is 0 Å². The molecule has 0 unspecified atom stereocenters. The Balaban J connectivity index is 1.21. The van der Waals surface area contributed by atoms with Gasteiger partial charge in [0.05, 0.1) is 12.7 Å². The molecule has 11 nitrogen and oxygen atoms in total. The summed E-state index contributed by atoms with van der Waals surface area (Å²) in [7, 11) is 0. The minimum absolute atomic E-state index is 0.0386. The standard InChI is InChI=1S/C43H54N4O7/c1-27(2)37(45-40(50)38(44-28(3)48)31-16-8-5-9-17-31)41(51)47-25-34(54-26-32-19-12-18-30-15-10-11-20-35(30)32)23-36(47)39(49)46-43(42(52)53)24-33(43)22-21-29-13-6-4-7-14-29/h4,6-7,10-15,18-20,27,31,33-34,36-38H,5,8-9,16-17,21-26H2,1-3H3,(H,44,48)(H,45,50)(H,46,49)(H,52,53)/t33-,34+,36-,37-,38-,43-/m0/s1. The third kappa shape index (κ3) is 8.94. The summed E-state index contributed by atoms with van der Waals surface area (Å²) in [4.78, 5) is 69.0. The van der Waals surface area contributed by atoms with Crippen molar-refractivity contribution in [2.45, 2.75) is 115 Å². The van der Waals surface area contributed by atoms with E-state index in [-0.39, 0.29) is 43.2 Å². The van der Waals surface area contributed by atoms with Crippen LogP contribution in [0.25, 0.3) is 10.8 Å². The smallest absolute Gasteiger partial charge is 0.329 e. The normalized spacial score (nSPS) is 23.8. The minimum atomic E-state index is -1.42. The second-order valence-electron chi connectivity index (χ2n) is 15.8. The van der Waals surface area contributed by atoms with Crippen molar-refractivity contribution in [2.75, 3.05) is 6.54 Å². The second kappa shape index (κ2) is 17.1. The third-order valence-corrected chi connectivity index (χ3v) is 11.7. The lowest BCUT2D eigenvalue weighted by Gasteiger charge is -2.34. The number of hydrogen-bond acceptors (Lipinski definition) is 6. The predicted octanol–water partition coefficient (Wildman–Crippen LogP) is 5.14. The summed E-state index contributed by atoms with van der Waals surface area (Å²) in [6, 6.07) is 21.1. The summed E-state index contributed by atoms with van der Waals surface area (Å²) in [6.07, 6.45) is 5.87. The lowest BCUT2D eigenvalue weighted by Crippen LogP contribution is -2.60. The number of aryl methyl sites for hydroxylation is 1. The molecule has 3 aromatic rings. The number of carboxylic acids is 1. The van der Waals surface area contributed by atoms with Crippen LogP contribution in [0.5, 0.6) is 0 Å². The van der Waals surface area contributed by atoms with Crippen molar-refractivity contribution in [3.05, 3.63) is 83.9 Å². The maximum absolute atomic E-state index is 14.6. The van der Waals surface area contributed by atoms with Crippen molar-refractivity contribution in [2.24, 2.45) is 17.8 Å². The Labute approximate surface area is 317 Å². The Morgan fingerprint density at radius 1 is 0.907 bits per heavy atom. The van der Waals surface area contributed by atoms with Gasteiger partial charge in [0.15, 0.2) is 0 Å². The molecule has 4 N–H and O–H groups in total. The summed E-state index contributed by atoms with van der Waals surface area (Å²) in [5, 5.41) is 21.2. The van der Waals surface area contributed by atoms with Gasteiger partial charge in [0.2, 0.25) is 23.6 Å². The van der Waals surface area contributed by atoms with E-state index < -0.39 is 53.5 Å². The van der Waals surface area contributed by atoms with E-state index in [1.807, 2.05) is 86.6 Å². The van der Waals surface area contributed by atoms with Crippen LogP contribution in [0.1, 0.15) is 83.3 Å². The van der Waals surface area contributed by atoms with Crippen molar-refractivity contribution < 1.29 is 33.8 Å². The zero-order chi connectivity index (χ0) is 38.4. The minimum Gasteiger partial charge on any atom is -0.479 e. The quantitative estimate of drug-likeness (QED) is 0.168. The number of carbonyl (C=O) groups excluding carboxylic acids is 4. The third-order valence-electron chi connectivity index (χ3n) is 11.7. The first kappa shape index (κ1) is 38.9. The Morgan fingerprint density at radius 2 is 1.61 bits per heavy atom. The maximum atomic E-state index is 14.6. The number of likely N-dealkylation sites (tertiary alicyclic amines) is 1. The SMILES string of the molecule is CC(=O)N[C@H](C(=O)N[C@H](C(=O)N1C[C@H](OCc2cccc3ccccc23)C[C@H]1C(=O)N[C@@]1(C(=O)O)C[C@@H]1CCc1ccccc1)C(C)C)C1CCCCC1. The van der Waals surface area contributed by atoms with E-state index in [1.165, 1.54) is 11.8 Å². The highest BCUT2D eigenvalue weighted by molar-refractivity contribution is 5.97. The fourth-order valence-corrected chi connectivity index (χ4v) is 8.49. The zero-order valence-corrected chi connectivity index (χ0v) is 31.6. The van der Waals surface area contributed by atoms with Gasteiger partial charge < -0.3 is 30.7 Å². The van der Waals surface area contributed by atoms with Gasteiger partial charge in [0.25, 0.3) is 0 Å². The first-order valence-corrected chi connectivity index (χ1v) is 19.5. The highest BCUT2D eigenvalue weighted by Crippen LogP contribution is 2.47. The largest absolute Gasteiger partial charge is 0.479 e. The molecule has 3 aliphatic rings. The molecule has 0 aromatic heterocycles. The molecule has 54 heavy (non-hydrogen) atoms. The van der Waals surface area contributed by atoms with E-state index in [0.717, 1.165) is 54.0 Å². The fraction of sp³-hybridized carbons (Fsp3) is 0.512. The first-order chi connectivity index (χ1) is 26.0. The lowest BCUT2D eigenvalue weighted by molar-refractivity contribution is -0.146. The molecule has 11 heteroatoms. The van der Waals surface area contributed by atoms with Crippen LogP contribution in [0.2, 0.25) is 0 Å². The van der Waals surface area contributed by atoms with Crippen molar-refractivity contribution in [3.63, 3.8) is 0 Å². The summed E-state index contributed by atoms with van der Waals surface area (Å²) in [5.41, 5.74) is 0.654. The van der Waals surface area contributed by atoms with Crippen LogP contribution < -0.4 is 16.0 Å². The zero-order valence-electron chi connectivity index (χ0n) is 31.6. The highest BCUT2D eigenvalue weighted by atomic mass is 16.5. The number of amides is 4. The Hall–Kier alpha value is -4.77. The highest BCUT2D eigenvalue weighted by Gasteiger charge is 2.62. The van der Waals surface area contributed by atoms with Crippen molar-refractivity contribution in [1.82, 2.24) is 20.9 Å². The molecule has 3 fully saturated rings. The number of hydrogen-bond donors (Lipinski definition) is 4. The molecule has 288 valence electrons. The lowest BCUT2D eigenvalue weighted by atomic mass is 9.83. The number of aliphatic carboxylic acids is 1. The molecule has 0 spiro atoms. The molecule has 4 amide bonds. The van der Waals surface area contributed by atoms with Gasteiger partial charge in [-0.25, -0.2) is 4.79 Å². The maximum Gasteiger partial charge on any atom is 0.329 e. The van der Waals surface area contributed by atoms with Gasteiger partial charge in [-0.2, -0.15) is 0 Å². The average Bonchev–Trinajstić information content (AvgIpc) is 3.71. The average molecular weight is 739 g/mol. The number of carboxylic acid groups (broad SMARTS) is 1. The molecule has 3 aromatic carbocycles. The van der Waals surface area contributed by atoms with Crippen molar-refractivity contribution in [1.29, 1.82) is 0 Å². The number of benzene rings is 3. The van der Waals surface area contributed by atoms with Gasteiger partial charge in [-0.05, 0) is 71.8 Å². The van der Waals surface area contributed by atoms with E-state index in [0.29, 0.717) is 19.3 Å². The van der Waals surface area contributed by atoms with Crippen LogP contribution in [0.3, 0.4) is 0 Å². The van der Waals surface area contributed by atoms with E-state index in [2.05, 4.69) is 16.0 Å². The molecule has 1 aliphatic heterocycles. The van der Waals surface area contributed by atoms with Crippen LogP contribution in [0.4, 0.5) is 0 Å². The van der Waals surface area contributed by atoms with Gasteiger partial charge in [-0.15, -0.1) is 0 Å². The number of fused-ring (bicyclic) bond motifs is 1. The Morgan fingerprint density at radius 3 is 2.31 bits per heavy atom. The Bertz CT molecular complexity index is 1820. The van der Waals surface area contributed by atoms with E-state index in [1.54, 1.807) is 0 Å². The molecule has 2 aliphatic carbocycles. The number of rotatable bonds is 15. The molecular weight excluding hydrogens is 684 g/mol. The van der Waals surface area contributed by atoms with Gasteiger partial charge in [0.1, 0.15) is 23.7 Å². The molecule has 0 radical (unpaired) electrons. The number of nitrogens with zero attached hydrogens (tertiary/aromatic N) is 1. The summed E-state index contributed by atoms with van der Waals surface area (Å²) >= 11 is 0. The van der Waals surface area contributed by atoms with E-state index in [4.69, 9.17) is 4.74 Å². The first-order valence-electron chi connectivity index (χ1n) is 19.5.